The largest absolute Gasteiger partial charge is 0.494 e. The second-order valence-electron chi connectivity index (χ2n) is 5.78. The number of carbonyl (C=O) groups excluding carboxylic acids is 1. The normalized spacial score (nSPS) is 11.2. The molecular formula is C19H23ClN2O4S. The molecule has 6 nitrogen and oxygen atoms in total. The second-order valence-corrected chi connectivity index (χ2v) is 7.98. The van der Waals surface area contributed by atoms with E-state index < -0.39 is 10.0 Å². The predicted molar refractivity (Wildman–Crippen MR) is 106 cm³/mol. The summed E-state index contributed by atoms with van der Waals surface area (Å²) in [4.78, 5) is 12.0. The molecule has 2 aromatic carbocycles. The Bertz CT molecular complexity index is 837. The zero-order valence-electron chi connectivity index (χ0n) is 15.1. The minimum Gasteiger partial charge on any atom is -0.494 e. The number of rotatable bonds is 10. The van der Waals surface area contributed by atoms with Gasteiger partial charge in [-0.1, -0.05) is 23.7 Å². The van der Waals surface area contributed by atoms with Crippen LogP contribution in [-0.4, -0.2) is 34.0 Å². The summed E-state index contributed by atoms with van der Waals surface area (Å²) in [5.41, 5.74) is 1.07. The number of sulfonamides is 1. The monoisotopic (exact) mass is 410 g/mol. The van der Waals surface area contributed by atoms with E-state index in [1.807, 2.05) is 19.1 Å². The number of hydrogen-bond donors (Lipinski definition) is 2. The topological polar surface area (TPSA) is 84.5 Å². The van der Waals surface area contributed by atoms with Crippen molar-refractivity contribution in [3.63, 3.8) is 0 Å². The maximum atomic E-state index is 12.2. The summed E-state index contributed by atoms with van der Waals surface area (Å²) in [7, 11) is -3.65. The molecule has 0 aliphatic heterocycles. The molecule has 0 heterocycles. The number of ether oxygens (including phenoxy) is 1. The molecule has 0 radical (unpaired) electrons. The van der Waals surface area contributed by atoms with Crippen molar-refractivity contribution in [2.45, 2.75) is 24.7 Å². The van der Waals surface area contributed by atoms with Gasteiger partial charge in [-0.15, -0.1) is 0 Å². The number of carbonyl (C=O) groups is 1. The molecule has 0 atom stereocenters. The first kappa shape index (κ1) is 21.2. The van der Waals surface area contributed by atoms with Crippen molar-refractivity contribution in [3.8, 4) is 5.75 Å². The Balaban J connectivity index is 1.72. The van der Waals surface area contributed by atoms with Crippen LogP contribution in [0.4, 0.5) is 0 Å². The lowest BCUT2D eigenvalue weighted by molar-refractivity contribution is -0.120. The Morgan fingerprint density at radius 3 is 2.33 bits per heavy atom. The van der Waals surface area contributed by atoms with Crippen LogP contribution in [0, 0.1) is 0 Å². The fraction of sp³-hybridized carbons (Fsp3) is 0.316. The van der Waals surface area contributed by atoms with Gasteiger partial charge in [0.1, 0.15) is 5.75 Å². The molecule has 2 rings (SSSR count). The molecule has 0 aliphatic rings. The highest BCUT2D eigenvalue weighted by Gasteiger charge is 2.14. The van der Waals surface area contributed by atoms with Crippen molar-refractivity contribution in [1.82, 2.24) is 10.0 Å². The maximum absolute atomic E-state index is 12.2. The van der Waals surface area contributed by atoms with Gasteiger partial charge < -0.3 is 10.1 Å². The van der Waals surface area contributed by atoms with Crippen molar-refractivity contribution >= 4 is 27.5 Å². The fourth-order valence-electron chi connectivity index (χ4n) is 2.35. The molecule has 2 aromatic rings. The third kappa shape index (κ3) is 7.21. The highest BCUT2D eigenvalue weighted by molar-refractivity contribution is 7.89. The van der Waals surface area contributed by atoms with Gasteiger partial charge in [0.15, 0.2) is 0 Å². The van der Waals surface area contributed by atoms with Gasteiger partial charge in [-0.25, -0.2) is 13.1 Å². The van der Waals surface area contributed by atoms with Gasteiger partial charge in [-0.05, 0) is 55.3 Å². The van der Waals surface area contributed by atoms with Gasteiger partial charge in [-0.3, -0.25) is 4.79 Å². The standard InChI is InChI=1S/C19H23ClN2O4S/c1-2-26-17-7-9-18(10-8-17)27(24,25)22-14-12-19(23)21-13-11-15-3-5-16(20)6-4-15/h3-10,22H,2,11-14H2,1H3,(H,21,23). The van der Waals surface area contributed by atoms with Gasteiger partial charge in [0.25, 0.3) is 0 Å². The molecule has 0 saturated carbocycles. The Kier molecular flexibility index (Phi) is 8.09. The van der Waals surface area contributed by atoms with E-state index in [0.29, 0.717) is 30.3 Å². The summed E-state index contributed by atoms with van der Waals surface area (Å²) in [6.45, 7) is 2.87. The molecule has 0 bridgehead atoms. The molecule has 1 amide bonds. The van der Waals surface area contributed by atoms with Crippen molar-refractivity contribution in [3.05, 3.63) is 59.1 Å². The van der Waals surface area contributed by atoms with E-state index in [9.17, 15) is 13.2 Å². The number of hydrogen-bond acceptors (Lipinski definition) is 4. The fourth-order valence-corrected chi connectivity index (χ4v) is 3.51. The minimum atomic E-state index is -3.65. The van der Waals surface area contributed by atoms with E-state index in [2.05, 4.69) is 10.0 Å². The predicted octanol–water partition coefficient (Wildman–Crippen LogP) is 2.77. The number of halogens is 1. The summed E-state index contributed by atoms with van der Waals surface area (Å²) < 4.78 is 32.1. The van der Waals surface area contributed by atoms with Crippen LogP contribution in [0.3, 0.4) is 0 Å². The third-order valence-corrected chi connectivity index (χ3v) is 5.47. The lowest BCUT2D eigenvalue weighted by atomic mass is 10.1. The smallest absolute Gasteiger partial charge is 0.240 e. The molecule has 146 valence electrons. The van der Waals surface area contributed by atoms with Crippen LogP contribution in [0.15, 0.2) is 53.4 Å². The van der Waals surface area contributed by atoms with E-state index in [-0.39, 0.29) is 23.8 Å². The van der Waals surface area contributed by atoms with Gasteiger partial charge in [0.05, 0.1) is 11.5 Å². The zero-order chi connectivity index (χ0) is 19.7. The van der Waals surface area contributed by atoms with E-state index in [1.54, 1.807) is 24.3 Å². The van der Waals surface area contributed by atoms with Crippen molar-refractivity contribution in [1.29, 1.82) is 0 Å². The maximum Gasteiger partial charge on any atom is 0.240 e. The first-order chi connectivity index (χ1) is 12.9. The molecule has 2 N–H and O–H groups in total. The quantitative estimate of drug-likeness (QED) is 0.630. The highest BCUT2D eigenvalue weighted by atomic mass is 35.5. The van der Waals surface area contributed by atoms with Crippen molar-refractivity contribution in [2.75, 3.05) is 19.7 Å². The third-order valence-electron chi connectivity index (χ3n) is 3.74. The van der Waals surface area contributed by atoms with Crippen LogP contribution >= 0.6 is 11.6 Å². The van der Waals surface area contributed by atoms with Crippen LogP contribution in [0.25, 0.3) is 0 Å². The van der Waals surface area contributed by atoms with Gasteiger partial charge in [-0.2, -0.15) is 0 Å². The second kappa shape index (κ2) is 10.3. The summed E-state index contributed by atoms with van der Waals surface area (Å²) in [5, 5.41) is 3.44. The average molecular weight is 411 g/mol. The number of nitrogens with one attached hydrogen (secondary N) is 2. The Labute approximate surface area is 164 Å². The minimum absolute atomic E-state index is 0.0301. The van der Waals surface area contributed by atoms with E-state index in [0.717, 1.165) is 5.56 Å². The lowest BCUT2D eigenvalue weighted by Gasteiger charge is -2.09. The molecule has 0 fully saturated rings. The first-order valence-electron chi connectivity index (χ1n) is 8.64. The SMILES string of the molecule is CCOc1ccc(S(=O)(=O)NCCC(=O)NCCc2ccc(Cl)cc2)cc1. The van der Waals surface area contributed by atoms with E-state index >= 15 is 0 Å². The summed E-state index contributed by atoms with van der Waals surface area (Å²) in [6, 6.07) is 13.5. The van der Waals surface area contributed by atoms with Crippen LogP contribution < -0.4 is 14.8 Å². The van der Waals surface area contributed by atoms with Crippen molar-refractivity contribution < 1.29 is 17.9 Å². The van der Waals surface area contributed by atoms with Gasteiger partial charge in [0, 0.05) is 24.5 Å². The zero-order valence-corrected chi connectivity index (χ0v) is 16.6. The summed E-state index contributed by atoms with van der Waals surface area (Å²) >= 11 is 5.82. The van der Waals surface area contributed by atoms with Gasteiger partial charge >= 0.3 is 0 Å². The number of benzene rings is 2. The molecule has 27 heavy (non-hydrogen) atoms. The summed E-state index contributed by atoms with van der Waals surface area (Å²) in [6.07, 6.45) is 0.748. The molecule has 0 unspecified atom stereocenters. The molecule has 8 heteroatoms. The van der Waals surface area contributed by atoms with Crippen LogP contribution in [0.1, 0.15) is 18.9 Å². The highest BCUT2D eigenvalue weighted by Crippen LogP contribution is 2.15. The van der Waals surface area contributed by atoms with E-state index in [4.69, 9.17) is 16.3 Å². The average Bonchev–Trinajstić information content (AvgIpc) is 2.64. The Hall–Kier alpha value is -2.09. The molecule has 0 saturated heterocycles. The van der Waals surface area contributed by atoms with Crippen LogP contribution in [-0.2, 0) is 21.2 Å². The van der Waals surface area contributed by atoms with Crippen LogP contribution in [0.2, 0.25) is 5.02 Å². The van der Waals surface area contributed by atoms with E-state index in [1.165, 1.54) is 12.1 Å². The molecular weight excluding hydrogens is 388 g/mol. The lowest BCUT2D eigenvalue weighted by Crippen LogP contribution is -2.31. The van der Waals surface area contributed by atoms with Gasteiger partial charge in [0.2, 0.25) is 15.9 Å². The summed E-state index contributed by atoms with van der Waals surface area (Å²) in [5.74, 6) is 0.398. The van der Waals surface area contributed by atoms with Crippen LogP contribution in [0.5, 0.6) is 5.75 Å². The molecule has 0 spiro atoms. The Morgan fingerprint density at radius 1 is 1.04 bits per heavy atom. The first-order valence-corrected chi connectivity index (χ1v) is 10.5. The van der Waals surface area contributed by atoms with Crippen molar-refractivity contribution in [2.24, 2.45) is 0 Å². The molecule has 0 aromatic heterocycles. The Morgan fingerprint density at radius 2 is 1.70 bits per heavy atom. The molecule has 0 aliphatic carbocycles. The number of amides is 1.